The van der Waals surface area contributed by atoms with Crippen LogP contribution < -0.4 is 15.6 Å². The summed E-state index contributed by atoms with van der Waals surface area (Å²) >= 11 is 0. The molecule has 40 heavy (non-hydrogen) atoms. The average molecular weight is 536 g/mol. The number of esters is 1. The number of nitrogen functional groups attached to an aromatic ring is 1. The van der Waals surface area contributed by atoms with Crippen LogP contribution in [0.15, 0.2) is 103 Å². The third-order valence-electron chi connectivity index (χ3n) is 7.01. The number of aromatic nitrogens is 1. The van der Waals surface area contributed by atoms with Gasteiger partial charge in [-0.15, -0.1) is 0 Å². The van der Waals surface area contributed by atoms with Gasteiger partial charge in [0, 0.05) is 28.8 Å². The number of hydrogen-bond acceptors (Lipinski definition) is 4. The topological polar surface area (TPSA) is 109 Å². The number of nitrogens with zero attached hydrogens (tertiary/aromatic N) is 1. The molecule has 204 valence electrons. The Labute approximate surface area is 235 Å². The van der Waals surface area contributed by atoms with Gasteiger partial charge in [0.25, 0.3) is 5.91 Å². The summed E-state index contributed by atoms with van der Waals surface area (Å²) < 4.78 is 7.18. The number of methoxy groups -OCH3 is 1. The highest BCUT2D eigenvalue weighted by atomic mass is 16.5. The van der Waals surface area contributed by atoms with E-state index in [4.69, 9.17) is 15.9 Å². The summed E-state index contributed by atoms with van der Waals surface area (Å²) in [6.07, 6.45) is 5.54. The molecule has 3 aromatic carbocycles. The van der Waals surface area contributed by atoms with Crippen LogP contribution in [0.25, 0.3) is 11.1 Å². The lowest BCUT2D eigenvalue weighted by atomic mass is 9.87. The molecule has 0 aliphatic rings. The number of aryl methyl sites for hydroxylation is 2. The standard InChI is InChI=1S/C33H34N4O3/c1-37-19-7-12-28(22-37)25-14-16-26(17-15-25)32(38)36-30(18-13-23-8-4-3-5-9-23)29(33(39)40-2)21-24-10-6-11-27(20-24)31(34)35/h3-12,14-17,19-20,22,29-30H,13,18,21H2,1-2H3,(H3-,34,35,36,38)/p+1/t29-,30?/m1/s1. The molecule has 1 unspecified atom stereocenters. The molecule has 7 heteroatoms. The van der Waals surface area contributed by atoms with Crippen LogP contribution in [0.1, 0.15) is 33.5 Å². The molecule has 0 fully saturated rings. The number of amides is 1. The van der Waals surface area contributed by atoms with Gasteiger partial charge in [0.05, 0.1) is 13.0 Å². The van der Waals surface area contributed by atoms with Crippen molar-refractivity contribution >= 4 is 17.7 Å². The van der Waals surface area contributed by atoms with Gasteiger partial charge in [0.15, 0.2) is 12.4 Å². The summed E-state index contributed by atoms with van der Waals surface area (Å²) in [6.45, 7) is 0. The number of ether oxygens (including phenoxy) is 1. The molecule has 1 aromatic heterocycles. The molecule has 0 aliphatic heterocycles. The smallest absolute Gasteiger partial charge is 0.311 e. The lowest BCUT2D eigenvalue weighted by Gasteiger charge is -2.27. The van der Waals surface area contributed by atoms with E-state index in [1.165, 1.54) is 7.11 Å². The molecule has 2 atom stereocenters. The van der Waals surface area contributed by atoms with Crippen LogP contribution >= 0.6 is 0 Å². The second kappa shape index (κ2) is 13.3. The third kappa shape index (κ3) is 7.41. The Bertz CT molecular complexity index is 1470. The Kier molecular flexibility index (Phi) is 9.41. The van der Waals surface area contributed by atoms with Gasteiger partial charge in [0.1, 0.15) is 12.9 Å². The van der Waals surface area contributed by atoms with E-state index in [0.717, 1.165) is 22.3 Å². The van der Waals surface area contributed by atoms with Crippen LogP contribution in [0.4, 0.5) is 0 Å². The second-order valence-corrected chi connectivity index (χ2v) is 9.89. The van der Waals surface area contributed by atoms with E-state index in [1.54, 1.807) is 24.3 Å². The van der Waals surface area contributed by atoms with Gasteiger partial charge < -0.3 is 15.8 Å². The number of hydrogen-bond donors (Lipinski definition) is 3. The van der Waals surface area contributed by atoms with E-state index in [1.807, 2.05) is 90.7 Å². The predicted molar refractivity (Wildman–Crippen MR) is 156 cm³/mol. The van der Waals surface area contributed by atoms with E-state index >= 15 is 0 Å². The van der Waals surface area contributed by atoms with Crippen LogP contribution in [0, 0.1) is 11.3 Å². The highest BCUT2D eigenvalue weighted by Crippen LogP contribution is 2.22. The lowest BCUT2D eigenvalue weighted by Crippen LogP contribution is -2.45. The first kappa shape index (κ1) is 28.2. The normalized spacial score (nSPS) is 12.2. The molecular weight excluding hydrogens is 500 g/mol. The number of rotatable bonds is 11. The monoisotopic (exact) mass is 535 g/mol. The molecule has 1 heterocycles. The minimum atomic E-state index is -0.636. The van der Waals surface area contributed by atoms with Gasteiger partial charge in [0.2, 0.25) is 0 Å². The maximum Gasteiger partial charge on any atom is 0.311 e. The largest absolute Gasteiger partial charge is 0.469 e. The number of nitrogens with one attached hydrogen (secondary N) is 2. The number of pyridine rings is 1. The minimum absolute atomic E-state index is 0.0434. The molecule has 4 N–H and O–H groups in total. The first-order chi connectivity index (χ1) is 19.3. The number of carbonyl (C=O) groups is 2. The molecule has 4 rings (SSSR count). The van der Waals surface area contributed by atoms with Crippen molar-refractivity contribution in [2.45, 2.75) is 25.3 Å². The van der Waals surface area contributed by atoms with Crippen molar-refractivity contribution in [3.05, 3.63) is 126 Å². The van der Waals surface area contributed by atoms with Crippen molar-refractivity contribution in [3.63, 3.8) is 0 Å². The first-order valence-corrected chi connectivity index (χ1v) is 13.3. The zero-order valence-electron chi connectivity index (χ0n) is 22.8. The molecule has 0 saturated heterocycles. The molecule has 1 amide bonds. The molecule has 0 saturated carbocycles. The molecule has 0 spiro atoms. The number of benzene rings is 3. The summed E-state index contributed by atoms with van der Waals surface area (Å²) in [6, 6.07) is 28.2. The fraction of sp³-hybridized carbons (Fsp3) is 0.212. The molecule has 0 radical (unpaired) electrons. The minimum Gasteiger partial charge on any atom is -0.469 e. The molecule has 0 aliphatic carbocycles. The summed E-state index contributed by atoms with van der Waals surface area (Å²) in [5.74, 6) is -1.34. The van der Waals surface area contributed by atoms with Crippen molar-refractivity contribution in [2.24, 2.45) is 18.7 Å². The molecular formula is C33H35N4O3+. The van der Waals surface area contributed by atoms with Crippen molar-refractivity contribution in [2.75, 3.05) is 7.11 Å². The van der Waals surface area contributed by atoms with Crippen molar-refractivity contribution in [1.82, 2.24) is 5.32 Å². The Morgan fingerprint density at radius 3 is 2.30 bits per heavy atom. The van der Waals surface area contributed by atoms with Crippen molar-refractivity contribution in [3.8, 4) is 11.1 Å². The Morgan fingerprint density at radius 2 is 1.62 bits per heavy atom. The third-order valence-corrected chi connectivity index (χ3v) is 7.01. The Balaban J connectivity index is 1.59. The molecule has 7 nitrogen and oxygen atoms in total. The molecule has 0 bridgehead atoms. The number of nitrogens with two attached hydrogens (primary N) is 1. The Hall–Kier alpha value is -4.78. The maximum absolute atomic E-state index is 13.5. The highest BCUT2D eigenvalue weighted by Gasteiger charge is 2.31. The van der Waals surface area contributed by atoms with E-state index in [9.17, 15) is 9.59 Å². The quantitative estimate of drug-likeness (QED) is 0.116. The van der Waals surface area contributed by atoms with E-state index in [2.05, 4.69) is 5.32 Å². The van der Waals surface area contributed by atoms with E-state index in [-0.39, 0.29) is 11.7 Å². The van der Waals surface area contributed by atoms with Gasteiger partial charge in [-0.2, -0.15) is 0 Å². The van der Waals surface area contributed by atoms with Gasteiger partial charge >= 0.3 is 5.97 Å². The summed E-state index contributed by atoms with van der Waals surface area (Å²) in [4.78, 5) is 26.6. The van der Waals surface area contributed by atoms with Crippen LogP contribution in [0.2, 0.25) is 0 Å². The van der Waals surface area contributed by atoms with Gasteiger partial charge in [-0.1, -0.05) is 60.7 Å². The Morgan fingerprint density at radius 1 is 0.900 bits per heavy atom. The predicted octanol–water partition coefficient (Wildman–Crippen LogP) is 4.23. The number of amidine groups is 1. The summed E-state index contributed by atoms with van der Waals surface area (Å²) in [5, 5.41) is 10.9. The SMILES string of the molecule is COC(=O)[C@H](Cc1cccc(C(=N)N)c1)C(CCc1ccccc1)NC(=O)c1ccc(-c2ccc[n+](C)c2)cc1. The van der Waals surface area contributed by atoms with Crippen LogP contribution in [0.3, 0.4) is 0 Å². The van der Waals surface area contributed by atoms with Crippen molar-refractivity contribution < 1.29 is 18.9 Å². The highest BCUT2D eigenvalue weighted by molar-refractivity contribution is 5.95. The van der Waals surface area contributed by atoms with Crippen LogP contribution in [-0.2, 0) is 29.4 Å². The van der Waals surface area contributed by atoms with Gasteiger partial charge in [-0.25, -0.2) is 4.57 Å². The average Bonchev–Trinajstić information content (AvgIpc) is 2.98. The maximum atomic E-state index is 13.5. The van der Waals surface area contributed by atoms with Gasteiger partial charge in [-0.3, -0.25) is 15.0 Å². The van der Waals surface area contributed by atoms with Crippen LogP contribution in [0.5, 0.6) is 0 Å². The van der Waals surface area contributed by atoms with Crippen LogP contribution in [-0.4, -0.2) is 30.9 Å². The summed E-state index contributed by atoms with van der Waals surface area (Å²) in [7, 11) is 3.33. The lowest BCUT2D eigenvalue weighted by molar-refractivity contribution is -0.671. The van der Waals surface area contributed by atoms with Crippen molar-refractivity contribution in [1.29, 1.82) is 5.41 Å². The fourth-order valence-electron chi connectivity index (χ4n) is 4.83. The molecule has 4 aromatic rings. The second-order valence-electron chi connectivity index (χ2n) is 9.89. The summed E-state index contributed by atoms with van der Waals surface area (Å²) in [5.41, 5.74) is 10.8. The number of carbonyl (C=O) groups excluding carboxylic acids is 2. The first-order valence-electron chi connectivity index (χ1n) is 13.3. The zero-order chi connectivity index (χ0) is 28.5. The van der Waals surface area contributed by atoms with Gasteiger partial charge in [-0.05, 0) is 60.2 Å². The van der Waals surface area contributed by atoms with E-state index < -0.39 is 17.9 Å². The fourth-order valence-corrected chi connectivity index (χ4v) is 4.83. The van der Waals surface area contributed by atoms with E-state index in [0.29, 0.717) is 30.4 Å². The zero-order valence-corrected chi connectivity index (χ0v) is 22.8.